The van der Waals surface area contributed by atoms with Crippen LogP contribution in [0.15, 0.2) is 42.7 Å². The highest BCUT2D eigenvalue weighted by Gasteiger charge is 2.23. The minimum atomic E-state index is -0.841. The van der Waals surface area contributed by atoms with Gasteiger partial charge in [-0.1, -0.05) is 17.7 Å². The Hall–Kier alpha value is -2.60. The number of carbonyl (C=O) groups excluding carboxylic acids is 2. The number of rotatable bonds is 6. The molecule has 2 rings (SSSR count). The SMILES string of the molecule is COC(=O)[C@@H](Cc1ccc(OC)c(Cl)c1)NC(=O)c1cccnc1. The van der Waals surface area contributed by atoms with E-state index >= 15 is 0 Å². The Kier molecular flexibility index (Phi) is 6.14. The lowest BCUT2D eigenvalue weighted by Crippen LogP contribution is -2.43. The Morgan fingerprint density at radius 1 is 1.29 bits per heavy atom. The van der Waals surface area contributed by atoms with Gasteiger partial charge >= 0.3 is 5.97 Å². The minimum absolute atomic E-state index is 0.238. The molecular weight excluding hydrogens is 332 g/mol. The molecule has 0 aliphatic carbocycles. The van der Waals surface area contributed by atoms with Crippen molar-refractivity contribution in [3.8, 4) is 5.75 Å². The fourth-order valence-corrected chi connectivity index (χ4v) is 2.43. The van der Waals surface area contributed by atoms with E-state index < -0.39 is 17.9 Å². The molecule has 1 aromatic carbocycles. The number of halogens is 1. The van der Waals surface area contributed by atoms with Crippen molar-refractivity contribution in [3.05, 3.63) is 58.9 Å². The van der Waals surface area contributed by atoms with E-state index in [1.165, 1.54) is 20.4 Å². The second kappa shape index (κ2) is 8.31. The molecule has 0 saturated carbocycles. The first-order valence-electron chi connectivity index (χ1n) is 7.16. The fraction of sp³-hybridized carbons (Fsp3) is 0.235. The number of pyridine rings is 1. The second-order valence-electron chi connectivity index (χ2n) is 4.96. The predicted molar refractivity (Wildman–Crippen MR) is 89.2 cm³/mol. The summed E-state index contributed by atoms with van der Waals surface area (Å²) in [4.78, 5) is 28.1. The number of hydrogen-bond acceptors (Lipinski definition) is 5. The van der Waals surface area contributed by atoms with Gasteiger partial charge in [-0.3, -0.25) is 9.78 Å². The first kappa shape index (κ1) is 17.7. The normalized spacial score (nSPS) is 11.5. The van der Waals surface area contributed by atoms with Gasteiger partial charge in [0, 0.05) is 18.8 Å². The van der Waals surface area contributed by atoms with Crippen LogP contribution in [-0.2, 0) is 16.0 Å². The van der Waals surface area contributed by atoms with E-state index in [1.54, 1.807) is 36.5 Å². The summed E-state index contributed by atoms with van der Waals surface area (Å²) in [6, 6.07) is 7.58. The fourth-order valence-electron chi connectivity index (χ4n) is 2.15. The maximum atomic E-state index is 12.2. The topological polar surface area (TPSA) is 77.5 Å². The largest absolute Gasteiger partial charge is 0.495 e. The minimum Gasteiger partial charge on any atom is -0.495 e. The quantitative estimate of drug-likeness (QED) is 0.810. The van der Waals surface area contributed by atoms with Crippen molar-refractivity contribution in [2.24, 2.45) is 0 Å². The van der Waals surface area contributed by atoms with Gasteiger partial charge in [0.1, 0.15) is 11.8 Å². The Labute approximate surface area is 144 Å². The van der Waals surface area contributed by atoms with Gasteiger partial charge < -0.3 is 14.8 Å². The average Bonchev–Trinajstić information content (AvgIpc) is 2.61. The summed E-state index contributed by atoms with van der Waals surface area (Å²) in [6.07, 6.45) is 3.23. The Balaban J connectivity index is 2.15. The van der Waals surface area contributed by atoms with Crippen LogP contribution in [0.2, 0.25) is 5.02 Å². The molecule has 0 aliphatic rings. The summed E-state index contributed by atoms with van der Waals surface area (Å²) in [7, 11) is 2.79. The molecule has 126 valence electrons. The standard InChI is InChI=1S/C17H17ClN2O4/c1-23-15-6-5-11(8-13(15)18)9-14(17(22)24-2)20-16(21)12-4-3-7-19-10-12/h3-8,10,14H,9H2,1-2H3,(H,20,21)/t14-/m1/s1. The van der Waals surface area contributed by atoms with Crippen LogP contribution in [0.1, 0.15) is 15.9 Å². The molecule has 0 unspecified atom stereocenters. The van der Waals surface area contributed by atoms with Gasteiger partial charge in [-0.25, -0.2) is 4.79 Å². The smallest absolute Gasteiger partial charge is 0.328 e. The molecule has 1 heterocycles. The van der Waals surface area contributed by atoms with E-state index in [4.69, 9.17) is 21.1 Å². The van der Waals surface area contributed by atoms with E-state index in [0.29, 0.717) is 16.3 Å². The molecule has 1 aromatic heterocycles. The van der Waals surface area contributed by atoms with Crippen LogP contribution < -0.4 is 10.1 Å². The number of nitrogens with one attached hydrogen (secondary N) is 1. The van der Waals surface area contributed by atoms with Crippen LogP contribution >= 0.6 is 11.6 Å². The summed E-state index contributed by atoms with van der Waals surface area (Å²) in [6.45, 7) is 0. The maximum Gasteiger partial charge on any atom is 0.328 e. The van der Waals surface area contributed by atoms with Crippen molar-refractivity contribution >= 4 is 23.5 Å². The number of aromatic nitrogens is 1. The summed E-state index contributed by atoms with van der Waals surface area (Å²) in [5.41, 5.74) is 1.13. The number of ether oxygens (including phenoxy) is 2. The summed E-state index contributed by atoms with van der Waals surface area (Å²) in [5, 5.41) is 3.08. The van der Waals surface area contributed by atoms with Crippen LogP contribution in [0.3, 0.4) is 0 Å². The molecule has 6 nitrogen and oxygen atoms in total. The van der Waals surface area contributed by atoms with Crippen LogP contribution in [-0.4, -0.2) is 37.1 Å². The van der Waals surface area contributed by atoms with E-state index in [0.717, 1.165) is 5.56 Å². The molecule has 7 heteroatoms. The molecule has 1 amide bonds. The monoisotopic (exact) mass is 348 g/mol. The number of carbonyl (C=O) groups is 2. The first-order valence-corrected chi connectivity index (χ1v) is 7.54. The highest BCUT2D eigenvalue weighted by Crippen LogP contribution is 2.25. The second-order valence-corrected chi connectivity index (χ2v) is 5.37. The molecule has 0 bridgehead atoms. The van der Waals surface area contributed by atoms with Crippen LogP contribution in [0.5, 0.6) is 5.75 Å². The molecule has 2 aromatic rings. The van der Waals surface area contributed by atoms with Crippen molar-refractivity contribution in [2.75, 3.05) is 14.2 Å². The number of methoxy groups -OCH3 is 2. The summed E-state index contributed by atoms with van der Waals surface area (Å²) in [5.74, 6) is -0.410. The Morgan fingerprint density at radius 3 is 2.67 bits per heavy atom. The van der Waals surface area contributed by atoms with Crippen molar-refractivity contribution < 1.29 is 19.1 Å². The zero-order chi connectivity index (χ0) is 17.5. The lowest BCUT2D eigenvalue weighted by Gasteiger charge is -2.17. The molecule has 0 aliphatic heterocycles. The van der Waals surface area contributed by atoms with E-state index in [2.05, 4.69) is 10.3 Å². The van der Waals surface area contributed by atoms with Crippen LogP contribution in [0.4, 0.5) is 0 Å². The first-order chi connectivity index (χ1) is 11.5. The third-order valence-electron chi connectivity index (χ3n) is 3.37. The molecule has 1 atom stereocenters. The average molecular weight is 349 g/mol. The highest BCUT2D eigenvalue weighted by molar-refractivity contribution is 6.32. The molecular formula is C17H17ClN2O4. The Bertz CT molecular complexity index is 722. The van der Waals surface area contributed by atoms with Crippen molar-refractivity contribution in [3.63, 3.8) is 0 Å². The van der Waals surface area contributed by atoms with Gasteiger partial charge in [0.25, 0.3) is 5.91 Å². The van der Waals surface area contributed by atoms with Gasteiger partial charge in [-0.05, 0) is 29.8 Å². The van der Waals surface area contributed by atoms with Gasteiger partial charge in [0.05, 0.1) is 24.8 Å². The van der Waals surface area contributed by atoms with Crippen LogP contribution in [0.25, 0.3) is 0 Å². The van der Waals surface area contributed by atoms with Crippen molar-refractivity contribution in [1.82, 2.24) is 10.3 Å². The van der Waals surface area contributed by atoms with Gasteiger partial charge in [0.15, 0.2) is 0 Å². The molecule has 1 N–H and O–H groups in total. The van der Waals surface area contributed by atoms with Crippen LogP contribution in [0, 0.1) is 0 Å². The summed E-state index contributed by atoms with van der Waals surface area (Å²) >= 11 is 6.09. The number of nitrogens with zero attached hydrogens (tertiary/aromatic N) is 1. The van der Waals surface area contributed by atoms with Gasteiger partial charge in [0.2, 0.25) is 0 Å². The molecule has 0 saturated heterocycles. The predicted octanol–water partition coefficient (Wildman–Crippen LogP) is 2.26. The lowest BCUT2D eigenvalue weighted by molar-refractivity contribution is -0.142. The zero-order valence-corrected chi connectivity index (χ0v) is 14.0. The third-order valence-corrected chi connectivity index (χ3v) is 3.67. The number of esters is 1. The molecule has 0 radical (unpaired) electrons. The maximum absolute atomic E-state index is 12.2. The van der Waals surface area contributed by atoms with Crippen molar-refractivity contribution in [2.45, 2.75) is 12.5 Å². The van der Waals surface area contributed by atoms with E-state index in [1.807, 2.05) is 0 Å². The molecule has 0 fully saturated rings. The molecule has 0 spiro atoms. The van der Waals surface area contributed by atoms with Gasteiger partial charge in [-0.15, -0.1) is 0 Å². The number of amides is 1. The van der Waals surface area contributed by atoms with E-state index in [9.17, 15) is 9.59 Å². The number of hydrogen-bond donors (Lipinski definition) is 1. The van der Waals surface area contributed by atoms with E-state index in [-0.39, 0.29) is 6.42 Å². The lowest BCUT2D eigenvalue weighted by atomic mass is 10.1. The number of benzene rings is 1. The third kappa shape index (κ3) is 4.45. The van der Waals surface area contributed by atoms with Gasteiger partial charge in [-0.2, -0.15) is 0 Å². The highest BCUT2D eigenvalue weighted by atomic mass is 35.5. The van der Waals surface area contributed by atoms with Crippen molar-refractivity contribution in [1.29, 1.82) is 0 Å². The zero-order valence-electron chi connectivity index (χ0n) is 13.3. The Morgan fingerprint density at radius 2 is 2.08 bits per heavy atom. The summed E-state index contributed by atoms with van der Waals surface area (Å²) < 4.78 is 9.87. The molecule has 24 heavy (non-hydrogen) atoms.